The van der Waals surface area contributed by atoms with E-state index in [9.17, 15) is 14.0 Å². The molecule has 0 aliphatic carbocycles. The minimum atomic E-state index is -0.607. The molecule has 132 valence electrons. The molecule has 0 atom stereocenters. The first-order chi connectivity index (χ1) is 12.0. The van der Waals surface area contributed by atoms with Crippen LogP contribution in [0.25, 0.3) is 0 Å². The molecule has 2 aromatic rings. The van der Waals surface area contributed by atoms with E-state index in [1.807, 2.05) is 0 Å². The van der Waals surface area contributed by atoms with Gasteiger partial charge in [-0.3, -0.25) is 20.4 Å². The van der Waals surface area contributed by atoms with Crippen molar-refractivity contribution in [2.45, 2.75) is 6.42 Å². The summed E-state index contributed by atoms with van der Waals surface area (Å²) in [5, 5.41) is 0.143. The van der Waals surface area contributed by atoms with Crippen molar-refractivity contribution in [3.8, 4) is 11.5 Å². The minimum absolute atomic E-state index is 0.0606. The quantitative estimate of drug-likeness (QED) is 0.769. The third-order valence-electron chi connectivity index (χ3n) is 3.17. The highest BCUT2D eigenvalue weighted by Gasteiger charge is 2.12. The summed E-state index contributed by atoms with van der Waals surface area (Å²) in [5.41, 5.74) is 4.42. The molecule has 0 aliphatic heterocycles. The number of hydrogen-bond acceptors (Lipinski definition) is 4. The maximum Gasteiger partial charge on any atom is 0.276 e. The van der Waals surface area contributed by atoms with Crippen LogP contribution in [0, 0.1) is 5.82 Å². The number of ether oxygens (including phenoxy) is 2. The molecular formula is C17H16ClFN2O4. The molecule has 0 fully saturated rings. The predicted molar refractivity (Wildman–Crippen MR) is 89.9 cm³/mol. The second-order valence-electron chi connectivity index (χ2n) is 4.94. The van der Waals surface area contributed by atoms with Crippen molar-refractivity contribution in [2.24, 2.45) is 0 Å². The van der Waals surface area contributed by atoms with Crippen LogP contribution < -0.4 is 20.3 Å². The van der Waals surface area contributed by atoms with Crippen LogP contribution in [-0.2, 0) is 16.0 Å². The van der Waals surface area contributed by atoms with E-state index in [0.29, 0.717) is 11.5 Å². The van der Waals surface area contributed by atoms with Crippen LogP contribution in [0.5, 0.6) is 11.5 Å². The second-order valence-corrected chi connectivity index (χ2v) is 5.34. The lowest BCUT2D eigenvalue weighted by atomic mass is 10.1. The first-order valence-electron chi connectivity index (χ1n) is 7.27. The van der Waals surface area contributed by atoms with Crippen LogP contribution in [0.4, 0.5) is 4.39 Å². The van der Waals surface area contributed by atoms with E-state index in [1.54, 1.807) is 31.4 Å². The third-order valence-corrected chi connectivity index (χ3v) is 3.52. The molecule has 0 saturated carbocycles. The summed E-state index contributed by atoms with van der Waals surface area (Å²) in [7, 11) is 1.54. The number of methoxy groups -OCH3 is 1. The molecule has 0 radical (unpaired) electrons. The number of rotatable bonds is 6. The lowest BCUT2D eigenvalue weighted by molar-refractivity contribution is -0.129. The summed E-state index contributed by atoms with van der Waals surface area (Å²) >= 11 is 5.84. The fourth-order valence-corrected chi connectivity index (χ4v) is 2.13. The zero-order chi connectivity index (χ0) is 18.2. The molecule has 0 aromatic heterocycles. The van der Waals surface area contributed by atoms with Crippen LogP contribution >= 0.6 is 11.6 Å². The fraction of sp³-hybridized carbons (Fsp3) is 0.176. The van der Waals surface area contributed by atoms with E-state index < -0.39 is 17.6 Å². The average Bonchev–Trinajstić information content (AvgIpc) is 2.62. The van der Waals surface area contributed by atoms with Gasteiger partial charge in [-0.1, -0.05) is 17.7 Å². The van der Waals surface area contributed by atoms with Crippen LogP contribution in [0.1, 0.15) is 5.56 Å². The number of nitrogens with one attached hydrogen (secondary N) is 2. The van der Waals surface area contributed by atoms with Crippen LogP contribution in [0.3, 0.4) is 0 Å². The van der Waals surface area contributed by atoms with E-state index in [2.05, 4.69) is 10.9 Å². The Morgan fingerprint density at radius 1 is 1.04 bits per heavy atom. The molecule has 6 nitrogen and oxygen atoms in total. The van der Waals surface area contributed by atoms with Gasteiger partial charge in [0.1, 0.15) is 17.3 Å². The highest BCUT2D eigenvalue weighted by atomic mass is 35.5. The van der Waals surface area contributed by atoms with Gasteiger partial charge < -0.3 is 9.47 Å². The molecule has 25 heavy (non-hydrogen) atoms. The van der Waals surface area contributed by atoms with Gasteiger partial charge in [-0.2, -0.15) is 0 Å². The van der Waals surface area contributed by atoms with E-state index in [1.165, 1.54) is 18.2 Å². The smallest absolute Gasteiger partial charge is 0.276 e. The van der Waals surface area contributed by atoms with Crippen LogP contribution in [-0.4, -0.2) is 25.5 Å². The Kier molecular flexibility index (Phi) is 6.59. The highest BCUT2D eigenvalue weighted by molar-refractivity contribution is 6.31. The average molecular weight is 367 g/mol. The molecular weight excluding hydrogens is 351 g/mol. The Labute approximate surface area is 148 Å². The summed E-state index contributed by atoms with van der Waals surface area (Å²) in [6.45, 7) is -0.299. The number of hydrazine groups is 1. The topological polar surface area (TPSA) is 76.7 Å². The number of hydrogen-bond donors (Lipinski definition) is 2. The molecule has 0 spiro atoms. The molecule has 8 heteroatoms. The van der Waals surface area contributed by atoms with Crippen molar-refractivity contribution in [3.63, 3.8) is 0 Å². The molecule has 2 aromatic carbocycles. The van der Waals surface area contributed by atoms with Crippen molar-refractivity contribution in [1.82, 2.24) is 10.9 Å². The molecule has 0 bridgehead atoms. The van der Waals surface area contributed by atoms with Crippen molar-refractivity contribution >= 4 is 23.4 Å². The predicted octanol–water partition coefficient (Wildman–Crippen LogP) is 2.26. The zero-order valence-electron chi connectivity index (χ0n) is 13.3. The van der Waals surface area contributed by atoms with Gasteiger partial charge in [-0.05, 0) is 36.4 Å². The number of carbonyl (C=O) groups excluding carboxylic acids is 2. The number of halogens is 2. The third kappa shape index (κ3) is 5.65. The summed E-state index contributed by atoms with van der Waals surface area (Å²) in [5.74, 6) is -0.623. The van der Waals surface area contributed by atoms with Crippen molar-refractivity contribution in [1.29, 1.82) is 0 Å². The lowest BCUT2D eigenvalue weighted by Crippen LogP contribution is -2.44. The Morgan fingerprint density at radius 3 is 2.32 bits per heavy atom. The van der Waals surface area contributed by atoms with Crippen LogP contribution in [0.2, 0.25) is 5.02 Å². The van der Waals surface area contributed by atoms with E-state index in [4.69, 9.17) is 21.1 Å². The Bertz CT molecular complexity index is 733. The van der Waals surface area contributed by atoms with Crippen molar-refractivity contribution < 1.29 is 23.5 Å². The molecule has 2 rings (SSSR count). The lowest BCUT2D eigenvalue weighted by Gasteiger charge is -2.10. The number of benzene rings is 2. The van der Waals surface area contributed by atoms with Gasteiger partial charge >= 0.3 is 0 Å². The van der Waals surface area contributed by atoms with Gasteiger partial charge in [0.15, 0.2) is 6.61 Å². The SMILES string of the molecule is COc1ccc(OCC(=O)NNC(=O)Cc2c(F)cccc2Cl)cc1. The molecule has 2 amide bonds. The van der Waals surface area contributed by atoms with Gasteiger partial charge in [0, 0.05) is 10.6 Å². The van der Waals surface area contributed by atoms with Gasteiger partial charge in [-0.25, -0.2) is 4.39 Å². The van der Waals surface area contributed by atoms with E-state index in [0.717, 1.165) is 0 Å². The second kappa shape index (κ2) is 8.89. The largest absolute Gasteiger partial charge is 0.497 e. The molecule has 0 saturated heterocycles. The van der Waals surface area contributed by atoms with Crippen molar-refractivity contribution in [2.75, 3.05) is 13.7 Å². The van der Waals surface area contributed by atoms with E-state index in [-0.39, 0.29) is 23.6 Å². The normalized spacial score (nSPS) is 10.0. The first-order valence-corrected chi connectivity index (χ1v) is 7.65. The first kappa shape index (κ1) is 18.5. The minimum Gasteiger partial charge on any atom is -0.497 e. The summed E-state index contributed by atoms with van der Waals surface area (Å²) < 4.78 is 23.9. The van der Waals surface area contributed by atoms with Gasteiger partial charge in [-0.15, -0.1) is 0 Å². The Balaban J connectivity index is 1.76. The number of amides is 2. The maximum absolute atomic E-state index is 13.6. The number of carbonyl (C=O) groups is 2. The van der Waals surface area contributed by atoms with Crippen molar-refractivity contribution in [3.05, 3.63) is 58.9 Å². The Morgan fingerprint density at radius 2 is 1.68 bits per heavy atom. The molecule has 0 aliphatic rings. The summed E-state index contributed by atoms with van der Waals surface area (Å²) in [4.78, 5) is 23.4. The maximum atomic E-state index is 13.6. The zero-order valence-corrected chi connectivity index (χ0v) is 14.1. The Hall–Kier alpha value is -2.80. The summed E-state index contributed by atoms with van der Waals surface area (Å²) in [6, 6.07) is 10.8. The van der Waals surface area contributed by atoms with Crippen LogP contribution in [0.15, 0.2) is 42.5 Å². The monoisotopic (exact) mass is 366 g/mol. The van der Waals surface area contributed by atoms with E-state index >= 15 is 0 Å². The standard InChI is InChI=1S/C17H16ClFN2O4/c1-24-11-5-7-12(8-6-11)25-10-17(23)21-20-16(22)9-13-14(18)3-2-4-15(13)19/h2-8H,9-10H2,1H3,(H,20,22)(H,21,23). The van der Waals surface area contributed by atoms with Gasteiger partial charge in [0.25, 0.3) is 5.91 Å². The highest BCUT2D eigenvalue weighted by Crippen LogP contribution is 2.19. The van der Waals surface area contributed by atoms with Gasteiger partial charge in [0.05, 0.1) is 13.5 Å². The fourth-order valence-electron chi connectivity index (χ4n) is 1.90. The van der Waals surface area contributed by atoms with Gasteiger partial charge in [0.2, 0.25) is 5.91 Å². The molecule has 0 unspecified atom stereocenters. The molecule has 2 N–H and O–H groups in total. The summed E-state index contributed by atoms with van der Waals surface area (Å²) in [6.07, 6.45) is -0.300. The molecule has 0 heterocycles.